The van der Waals surface area contributed by atoms with Crippen LogP contribution in [0, 0.1) is 18.4 Å². The van der Waals surface area contributed by atoms with Gasteiger partial charge in [-0.05, 0) is 76.2 Å². The van der Waals surface area contributed by atoms with Gasteiger partial charge in [-0.15, -0.1) is 0 Å². The number of amides is 1. The van der Waals surface area contributed by atoms with Gasteiger partial charge in [0, 0.05) is 143 Å². The van der Waals surface area contributed by atoms with Gasteiger partial charge in [-0.2, -0.15) is 0 Å². The van der Waals surface area contributed by atoms with E-state index in [9.17, 15) is 4.79 Å². The summed E-state index contributed by atoms with van der Waals surface area (Å²) in [7, 11) is 14.2. The molecule has 0 heterocycles. The number of hydrogen-bond acceptors (Lipinski definition) is 16. The summed E-state index contributed by atoms with van der Waals surface area (Å²) in [6.07, 6.45) is 6.87. The molecule has 0 aliphatic heterocycles. The second-order valence-corrected chi connectivity index (χ2v) is 29.5. The largest absolute Gasteiger partial charge is 0.500 e. The number of carbonyl (C=O) groups is 1. The third-order valence-corrected chi connectivity index (χ3v) is 25.7. The van der Waals surface area contributed by atoms with E-state index >= 15 is 0 Å². The first kappa shape index (κ1) is 59.0. The first-order chi connectivity index (χ1) is 27.1. The minimum absolute atomic E-state index is 0. The van der Waals surface area contributed by atoms with Gasteiger partial charge in [0.1, 0.15) is 0 Å². The van der Waals surface area contributed by atoms with E-state index in [1.807, 2.05) is 0 Å². The summed E-state index contributed by atoms with van der Waals surface area (Å²) in [4.78, 5) is 16.4. The smallest absolute Gasteiger partial charge is 0.495 e. The fraction of sp³-hybridized carbons (Fsp3) is 0.943. The predicted molar refractivity (Wildman–Crippen MR) is 227 cm³/mol. The van der Waals surface area contributed by atoms with Gasteiger partial charge in [0.15, 0.2) is 5.91 Å². The SMILES string of the molecule is [CH2-]N(CC(CCC[Si](OC)(OC)OC)(CCC[Si](OC)(OC)OC)CCC[Si](OC)(OC)OC)C(=O)C(CCC[Si](OC)(OC)OC)CCC[Si](OC)(OC)OC.[Rf]. The van der Waals surface area contributed by atoms with Crippen molar-refractivity contribution < 1.29 is 71.2 Å². The van der Waals surface area contributed by atoms with Gasteiger partial charge >= 0.3 is 44.0 Å². The maximum atomic E-state index is 14.7. The normalized spacial score (nSPS) is 13.3. The van der Waals surface area contributed by atoms with Gasteiger partial charge in [-0.1, -0.05) is 0 Å². The zero-order chi connectivity index (χ0) is 43.7. The second-order valence-electron chi connectivity index (χ2n) is 14.1. The summed E-state index contributed by atoms with van der Waals surface area (Å²) >= 11 is 0. The van der Waals surface area contributed by atoms with Crippen molar-refractivity contribution in [3.8, 4) is 0 Å². The molecule has 58 heavy (non-hydrogen) atoms. The molecule has 0 saturated heterocycles. The van der Waals surface area contributed by atoms with Gasteiger partial charge in [0.25, 0.3) is 0 Å². The molecule has 0 aromatic rings. The summed E-state index contributed by atoms with van der Waals surface area (Å²) < 4.78 is 86.3. The Kier molecular flexibility index (Phi) is 30.6. The fourth-order valence-corrected chi connectivity index (χ4v) is 16.4. The van der Waals surface area contributed by atoms with Gasteiger partial charge in [0.2, 0.25) is 0 Å². The molecule has 0 aliphatic carbocycles. The first-order valence-corrected chi connectivity index (χ1v) is 29.2. The minimum atomic E-state index is -2.89. The molecule has 0 saturated carbocycles. The Hall–Kier alpha value is -1.05. The van der Waals surface area contributed by atoms with Crippen molar-refractivity contribution in [1.82, 2.24) is 4.90 Å². The molecular weight excluding hydrogens is 1100 g/mol. The topological polar surface area (TPSA) is 159 Å². The summed E-state index contributed by atoms with van der Waals surface area (Å²) in [5, 5.41) is 0. The van der Waals surface area contributed by atoms with Crippen molar-refractivity contribution in [2.45, 2.75) is 94.4 Å². The maximum absolute atomic E-state index is 14.7. The molecule has 344 valence electrons. The first-order valence-electron chi connectivity index (χ1n) is 19.5. The van der Waals surface area contributed by atoms with Crippen molar-refractivity contribution >= 4 is 49.9 Å². The molecule has 1 amide bonds. The fourth-order valence-electron chi connectivity index (χ4n) is 7.70. The Morgan fingerprint density at radius 2 is 0.638 bits per heavy atom. The van der Waals surface area contributed by atoms with Gasteiger partial charge in [0.05, 0.1) is 0 Å². The molecule has 0 bridgehead atoms. The number of hydrogen-bond donors (Lipinski definition) is 0. The van der Waals surface area contributed by atoms with Gasteiger partial charge in [-0.25, -0.2) is 0 Å². The molecule has 0 aromatic carbocycles. The molecule has 0 spiro atoms. The number of carbonyl (C=O) groups excluding carboxylic acids is 1. The predicted octanol–water partition coefficient (Wildman–Crippen LogP) is 5.50. The van der Waals surface area contributed by atoms with Crippen LogP contribution in [0.5, 0.6) is 0 Å². The maximum Gasteiger partial charge on any atom is 0.500 e. The van der Waals surface area contributed by atoms with Crippen LogP contribution in [0.25, 0.3) is 0 Å². The van der Waals surface area contributed by atoms with Crippen LogP contribution in [0.1, 0.15) is 64.2 Å². The average Bonchev–Trinajstić information content (AvgIpc) is 3.25. The molecule has 0 N–H and O–H groups in total. The van der Waals surface area contributed by atoms with E-state index < -0.39 is 49.4 Å². The van der Waals surface area contributed by atoms with E-state index in [0.29, 0.717) is 62.4 Å². The van der Waals surface area contributed by atoms with Gasteiger partial charge < -0.3 is 71.3 Å². The van der Waals surface area contributed by atoms with Crippen LogP contribution in [0.15, 0.2) is 0 Å². The van der Waals surface area contributed by atoms with E-state index in [-0.39, 0.29) is 11.8 Å². The van der Waals surface area contributed by atoms with Crippen LogP contribution in [0.3, 0.4) is 0 Å². The Morgan fingerprint density at radius 1 is 0.431 bits per heavy atom. The van der Waals surface area contributed by atoms with Crippen molar-refractivity contribution in [3.63, 3.8) is 0 Å². The van der Waals surface area contributed by atoms with Crippen molar-refractivity contribution in [2.75, 3.05) is 113 Å². The van der Waals surface area contributed by atoms with E-state index in [1.54, 1.807) is 112 Å². The number of rotatable bonds is 38. The summed E-state index contributed by atoms with van der Waals surface area (Å²) in [6.45, 7) is 0.395. The van der Waals surface area contributed by atoms with Crippen LogP contribution in [0.2, 0.25) is 30.2 Å². The van der Waals surface area contributed by atoms with Gasteiger partial charge in [-0.3, -0.25) is 11.8 Å². The summed E-state index contributed by atoms with van der Waals surface area (Å²) in [5.41, 5.74) is -0.406. The standard InChI is InChI=1S/C35H80NO16Si5.Rf/c1-36(34(37)33(22-17-27-53(38-2,39-3)40-4)23-18-28-54(41-5,42-6)43-7)32-35(24-19-29-55(44-8,45-9)46-10,25-20-30-56(47-11,48-12)49-13)26-21-31-57(50-14,51-15)52-16;/h33H,1,17-32H2,2-16H3;/q-1;. The van der Waals surface area contributed by atoms with E-state index in [4.69, 9.17) is 66.4 Å². The third-order valence-electron chi connectivity index (χ3n) is 11.5. The molecular formula is C35H80NO16RfSi5-. The zero-order valence-electron chi connectivity index (χ0n) is 38.8. The molecule has 23 heteroatoms. The minimum Gasteiger partial charge on any atom is -0.495 e. The van der Waals surface area contributed by atoms with Crippen molar-refractivity contribution in [3.05, 3.63) is 7.05 Å². The molecule has 0 aromatic heterocycles. The molecule has 0 aliphatic rings. The molecule has 0 radical (unpaired) electrons. The molecule has 0 unspecified atom stereocenters. The Balaban J connectivity index is 0. The van der Waals surface area contributed by atoms with Crippen LogP contribution in [0.4, 0.5) is 0 Å². The van der Waals surface area contributed by atoms with E-state index in [1.165, 1.54) is 0 Å². The van der Waals surface area contributed by atoms with Crippen molar-refractivity contribution in [1.29, 1.82) is 0 Å². The summed E-state index contributed by atoms with van der Waals surface area (Å²) in [5.74, 6) is -0.395. The van der Waals surface area contributed by atoms with E-state index in [2.05, 4.69) is 7.05 Å². The van der Waals surface area contributed by atoms with Crippen molar-refractivity contribution in [2.24, 2.45) is 11.3 Å². The monoisotopic (exact) mass is 1180 g/mol. The van der Waals surface area contributed by atoms with Crippen LogP contribution < -0.4 is 0 Å². The third kappa shape index (κ3) is 17.7. The quantitative estimate of drug-likeness (QED) is 0.0563. The average molecular weight is 1180 g/mol. The Bertz CT molecular complexity index is 913. The number of nitrogens with zero attached hydrogens (tertiary/aromatic N) is 1. The zero-order valence-corrected chi connectivity index (χ0v) is 50.2. The molecule has 0 atom stereocenters. The Labute approximate surface area is 351 Å². The second kappa shape index (κ2) is 30.1. The van der Waals surface area contributed by atoms with Crippen LogP contribution in [-0.2, 0) is 71.2 Å². The van der Waals surface area contributed by atoms with E-state index in [0.717, 1.165) is 38.5 Å². The molecule has 17 nitrogen and oxygen atoms in total. The molecule has 0 fully saturated rings. The summed E-state index contributed by atoms with van der Waals surface area (Å²) in [6, 6.07) is 2.92. The van der Waals surface area contributed by atoms with Crippen LogP contribution in [-0.4, -0.2) is 168 Å². The Morgan fingerprint density at radius 3 is 0.845 bits per heavy atom. The molecule has 0 rings (SSSR count). The van der Waals surface area contributed by atoms with Crippen LogP contribution >= 0.6 is 0 Å².